The number of aliphatic carboxylic acids is 1. The third-order valence-corrected chi connectivity index (χ3v) is 6.57. The normalized spacial score (nSPS) is 28.7. The number of hydrogen-bond donors (Lipinski definition) is 2. The standard InChI is InChI=1S/C21H28O4S/c22-18(15-5-2-1-3-6-15)9-8-16-17(20-11-10-19(16)25-20)12-14-26-13-4-7-21(23)24/h1-7,16-20,22H,8-14H2,(H,23,24). The van der Waals surface area contributed by atoms with Crippen molar-refractivity contribution >= 4 is 17.7 Å². The average molecular weight is 377 g/mol. The summed E-state index contributed by atoms with van der Waals surface area (Å²) in [5.74, 6) is 2.00. The Balaban J connectivity index is 1.45. The Bertz CT molecular complexity index is 603. The molecule has 3 rings (SSSR count). The molecule has 0 amide bonds. The number of rotatable bonds is 10. The monoisotopic (exact) mass is 376 g/mol. The molecule has 2 saturated heterocycles. The zero-order valence-electron chi connectivity index (χ0n) is 15.0. The van der Waals surface area contributed by atoms with Crippen molar-refractivity contribution in [3.05, 3.63) is 48.0 Å². The van der Waals surface area contributed by atoms with Crippen molar-refractivity contribution in [2.45, 2.75) is 50.4 Å². The second-order valence-electron chi connectivity index (χ2n) is 7.23. The minimum Gasteiger partial charge on any atom is -0.478 e. The van der Waals surface area contributed by atoms with Gasteiger partial charge in [0.15, 0.2) is 0 Å². The molecule has 2 aliphatic rings. The molecule has 5 heteroatoms. The highest BCUT2D eigenvalue weighted by atomic mass is 32.2. The minimum atomic E-state index is -0.885. The second-order valence-corrected chi connectivity index (χ2v) is 8.38. The van der Waals surface area contributed by atoms with Gasteiger partial charge in [0.2, 0.25) is 0 Å². The van der Waals surface area contributed by atoms with Gasteiger partial charge in [-0.05, 0) is 55.3 Å². The topological polar surface area (TPSA) is 66.8 Å². The van der Waals surface area contributed by atoms with Crippen LogP contribution in [0.1, 0.15) is 43.8 Å². The zero-order valence-corrected chi connectivity index (χ0v) is 15.8. The Morgan fingerprint density at radius 3 is 2.58 bits per heavy atom. The summed E-state index contributed by atoms with van der Waals surface area (Å²) in [5.41, 5.74) is 0.994. The first-order valence-electron chi connectivity index (χ1n) is 9.51. The van der Waals surface area contributed by atoms with Gasteiger partial charge in [-0.15, -0.1) is 0 Å². The number of fused-ring (bicyclic) bond motifs is 2. The van der Waals surface area contributed by atoms with Gasteiger partial charge in [-0.3, -0.25) is 0 Å². The highest BCUT2D eigenvalue weighted by Gasteiger charge is 2.47. The lowest BCUT2D eigenvalue weighted by Gasteiger charge is -2.28. The van der Waals surface area contributed by atoms with Gasteiger partial charge in [0, 0.05) is 11.8 Å². The van der Waals surface area contributed by atoms with E-state index in [4.69, 9.17) is 9.84 Å². The van der Waals surface area contributed by atoms with Gasteiger partial charge in [-0.25, -0.2) is 4.79 Å². The zero-order chi connectivity index (χ0) is 18.4. The summed E-state index contributed by atoms with van der Waals surface area (Å²) in [5, 5.41) is 19.1. The molecule has 2 bridgehead atoms. The van der Waals surface area contributed by atoms with E-state index < -0.39 is 12.1 Å². The van der Waals surface area contributed by atoms with E-state index in [1.807, 2.05) is 30.3 Å². The molecule has 142 valence electrons. The third kappa shape index (κ3) is 5.12. The molecular formula is C21H28O4S. The van der Waals surface area contributed by atoms with Crippen molar-refractivity contribution in [1.82, 2.24) is 0 Å². The summed E-state index contributed by atoms with van der Waals surface area (Å²) in [4.78, 5) is 10.5. The van der Waals surface area contributed by atoms with Crippen molar-refractivity contribution in [2.75, 3.05) is 11.5 Å². The van der Waals surface area contributed by atoms with Crippen LogP contribution in [0, 0.1) is 11.8 Å². The van der Waals surface area contributed by atoms with Gasteiger partial charge in [0.25, 0.3) is 0 Å². The van der Waals surface area contributed by atoms with Gasteiger partial charge >= 0.3 is 5.97 Å². The predicted molar refractivity (Wildman–Crippen MR) is 104 cm³/mol. The van der Waals surface area contributed by atoms with Crippen LogP contribution in [-0.4, -0.2) is 39.9 Å². The number of ether oxygens (including phenoxy) is 1. The Hall–Kier alpha value is -1.30. The molecule has 0 radical (unpaired) electrons. The smallest absolute Gasteiger partial charge is 0.328 e. The fourth-order valence-corrected chi connectivity index (χ4v) is 5.22. The summed E-state index contributed by atoms with van der Waals surface area (Å²) in [7, 11) is 0. The molecule has 0 aromatic heterocycles. The molecule has 2 fully saturated rings. The molecule has 0 aliphatic carbocycles. The van der Waals surface area contributed by atoms with Gasteiger partial charge < -0.3 is 14.9 Å². The fraction of sp³-hybridized carbons (Fsp3) is 0.571. The first-order valence-corrected chi connectivity index (χ1v) is 10.7. The molecule has 2 heterocycles. The molecule has 0 spiro atoms. The maximum Gasteiger partial charge on any atom is 0.328 e. The number of hydrogen-bond acceptors (Lipinski definition) is 4. The summed E-state index contributed by atoms with van der Waals surface area (Å²) in [6.45, 7) is 0. The minimum absolute atomic E-state index is 0.366. The molecule has 1 aromatic carbocycles. The molecule has 5 unspecified atom stereocenters. The van der Waals surface area contributed by atoms with Gasteiger partial charge in [-0.2, -0.15) is 11.8 Å². The van der Waals surface area contributed by atoms with Crippen LogP contribution in [0.3, 0.4) is 0 Å². The Labute approximate surface area is 159 Å². The highest BCUT2D eigenvalue weighted by Crippen LogP contribution is 2.47. The van der Waals surface area contributed by atoms with Crippen LogP contribution >= 0.6 is 11.8 Å². The Kier molecular flexibility index (Phi) is 7.17. The van der Waals surface area contributed by atoms with Crippen LogP contribution in [0.25, 0.3) is 0 Å². The largest absolute Gasteiger partial charge is 0.478 e. The van der Waals surface area contributed by atoms with Gasteiger partial charge in [-0.1, -0.05) is 36.4 Å². The fourth-order valence-electron chi connectivity index (χ4n) is 4.38. The van der Waals surface area contributed by atoms with Gasteiger partial charge in [0.1, 0.15) is 0 Å². The first-order chi connectivity index (χ1) is 12.6. The number of aliphatic hydroxyl groups excluding tert-OH is 1. The van der Waals surface area contributed by atoms with Crippen LogP contribution in [0.15, 0.2) is 42.5 Å². The van der Waals surface area contributed by atoms with Crippen LogP contribution in [0.2, 0.25) is 0 Å². The number of carbonyl (C=O) groups is 1. The molecule has 2 N–H and O–H groups in total. The quantitative estimate of drug-likeness (QED) is 0.476. The number of carboxylic acid groups (broad SMARTS) is 1. The number of carboxylic acids is 1. The summed E-state index contributed by atoms with van der Waals surface area (Å²) in [6, 6.07) is 9.89. The van der Waals surface area contributed by atoms with Crippen molar-refractivity contribution < 1.29 is 19.7 Å². The second kappa shape index (κ2) is 9.58. The summed E-state index contributed by atoms with van der Waals surface area (Å²) >= 11 is 1.78. The van der Waals surface area contributed by atoms with E-state index in [2.05, 4.69) is 0 Å². The molecule has 2 aliphatic heterocycles. The van der Waals surface area contributed by atoms with Crippen molar-refractivity contribution in [3.8, 4) is 0 Å². The van der Waals surface area contributed by atoms with E-state index in [0.29, 0.717) is 24.0 Å². The maximum absolute atomic E-state index is 10.5. The maximum atomic E-state index is 10.5. The van der Waals surface area contributed by atoms with Crippen LogP contribution < -0.4 is 0 Å². The molecular weight excluding hydrogens is 348 g/mol. The van der Waals surface area contributed by atoms with Crippen LogP contribution in [-0.2, 0) is 9.53 Å². The average Bonchev–Trinajstić information content (AvgIpc) is 3.24. The van der Waals surface area contributed by atoms with E-state index in [-0.39, 0.29) is 0 Å². The van der Waals surface area contributed by atoms with Crippen molar-refractivity contribution in [3.63, 3.8) is 0 Å². The Morgan fingerprint density at radius 1 is 1.19 bits per heavy atom. The molecule has 1 aromatic rings. The van der Waals surface area contributed by atoms with E-state index >= 15 is 0 Å². The molecule has 26 heavy (non-hydrogen) atoms. The van der Waals surface area contributed by atoms with Crippen molar-refractivity contribution in [2.24, 2.45) is 11.8 Å². The van der Waals surface area contributed by atoms with E-state index in [1.165, 1.54) is 6.08 Å². The van der Waals surface area contributed by atoms with Crippen LogP contribution in [0.5, 0.6) is 0 Å². The summed E-state index contributed by atoms with van der Waals surface area (Å²) < 4.78 is 6.16. The van der Waals surface area contributed by atoms with Crippen molar-refractivity contribution in [1.29, 1.82) is 0 Å². The van der Waals surface area contributed by atoms with E-state index in [9.17, 15) is 9.90 Å². The predicted octanol–water partition coefficient (Wildman–Crippen LogP) is 4.06. The lowest BCUT2D eigenvalue weighted by atomic mass is 9.75. The first kappa shape index (κ1) is 19.5. The highest BCUT2D eigenvalue weighted by molar-refractivity contribution is 7.99. The SMILES string of the molecule is O=C(O)C=CCSCCC1C2CCC(O2)C1CCC(O)c1ccccc1. The molecule has 5 atom stereocenters. The molecule has 0 saturated carbocycles. The number of aliphatic hydroxyl groups is 1. The lowest BCUT2D eigenvalue weighted by molar-refractivity contribution is -0.131. The van der Waals surface area contributed by atoms with E-state index in [1.54, 1.807) is 17.8 Å². The molecule has 4 nitrogen and oxygen atoms in total. The number of thioether (sulfide) groups is 1. The summed E-state index contributed by atoms with van der Waals surface area (Å²) in [6.07, 6.45) is 8.49. The number of benzene rings is 1. The van der Waals surface area contributed by atoms with Gasteiger partial charge in [0.05, 0.1) is 18.3 Å². The lowest BCUT2D eigenvalue weighted by Crippen LogP contribution is -2.28. The third-order valence-electron chi connectivity index (χ3n) is 5.62. The Morgan fingerprint density at radius 2 is 1.88 bits per heavy atom. The van der Waals surface area contributed by atoms with Crippen LogP contribution in [0.4, 0.5) is 0 Å². The van der Waals surface area contributed by atoms with E-state index in [0.717, 1.165) is 49.2 Å².